The van der Waals surface area contributed by atoms with E-state index in [-0.39, 0.29) is 6.61 Å². The smallest absolute Gasteiger partial charge is 0.427 e. The molecular weight excluding hydrogens is 391 g/mol. The third-order valence-electron chi connectivity index (χ3n) is 3.24. The van der Waals surface area contributed by atoms with Gasteiger partial charge in [-0.05, 0) is 49.4 Å². The molecule has 8 heteroatoms. The molecule has 0 aliphatic rings. The van der Waals surface area contributed by atoms with E-state index in [9.17, 15) is 4.79 Å². The van der Waals surface area contributed by atoms with Crippen molar-refractivity contribution in [2.45, 2.75) is 13.3 Å². The van der Waals surface area contributed by atoms with Gasteiger partial charge in [-0.3, -0.25) is 0 Å². The van der Waals surface area contributed by atoms with E-state index in [2.05, 4.69) is 10.5 Å². The summed E-state index contributed by atoms with van der Waals surface area (Å²) in [6.07, 6.45) is 1.50. The zero-order valence-corrected chi connectivity index (χ0v) is 16.3. The van der Waals surface area contributed by atoms with Gasteiger partial charge in [-0.25, -0.2) is 10.2 Å². The number of nitrogens with one attached hydrogen (secondary N) is 1. The lowest BCUT2D eigenvalue weighted by Crippen LogP contribution is -2.18. The summed E-state index contributed by atoms with van der Waals surface area (Å²) in [7, 11) is 0. The molecule has 0 aliphatic heterocycles. The fraction of sp³-hybridized carbons (Fsp3) is 0.263. The van der Waals surface area contributed by atoms with Gasteiger partial charge in [0.1, 0.15) is 11.5 Å². The molecule has 6 nitrogen and oxygen atoms in total. The Morgan fingerprint density at radius 1 is 1.07 bits per heavy atom. The van der Waals surface area contributed by atoms with Gasteiger partial charge < -0.3 is 14.2 Å². The molecule has 0 spiro atoms. The number of benzene rings is 2. The molecule has 0 fully saturated rings. The average Bonchev–Trinajstić information content (AvgIpc) is 2.65. The van der Waals surface area contributed by atoms with Crippen molar-refractivity contribution >= 4 is 35.5 Å². The molecule has 0 heterocycles. The summed E-state index contributed by atoms with van der Waals surface area (Å²) in [4.78, 5) is 11.2. The second kappa shape index (κ2) is 11.3. The van der Waals surface area contributed by atoms with Crippen LogP contribution in [0.1, 0.15) is 18.9 Å². The Bertz CT molecular complexity index is 767. The number of hydrogen-bond acceptors (Lipinski definition) is 5. The highest BCUT2D eigenvalue weighted by atomic mass is 35.5. The quantitative estimate of drug-likeness (QED) is 0.361. The van der Waals surface area contributed by atoms with Crippen molar-refractivity contribution in [2.24, 2.45) is 5.10 Å². The number of ether oxygens (including phenoxy) is 3. The molecule has 0 radical (unpaired) electrons. The van der Waals surface area contributed by atoms with Gasteiger partial charge in [0.15, 0.2) is 0 Å². The first kappa shape index (κ1) is 20.9. The van der Waals surface area contributed by atoms with Gasteiger partial charge in [0.25, 0.3) is 0 Å². The maximum absolute atomic E-state index is 11.2. The maximum Gasteiger partial charge on any atom is 0.427 e. The minimum Gasteiger partial charge on any atom is -0.493 e. The standard InChI is InChI=1S/C19H20Cl2N2O4/c1-2-25-19(24)23-22-13-14-12-16(21)6-9-18(14)27-11-3-10-26-17-7-4-15(20)5-8-17/h4-9,12-13H,2-3,10-11H2,1H3,(H,23,24)/b22-13-. The van der Waals surface area contributed by atoms with Gasteiger partial charge in [0.05, 0.1) is 26.0 Å². The number of hydrogen-bond donors (Lipinski definition) is 1. The van der Waals surface area contributed by atoms with E-state index in [0.717, 1.165) is 5.75 Å². The summed E-state index contributed by atoms with van der Waals surface area (Å²) < 4.78 is 16.1. The number of carbonyl (C=O) groups excluding carboxylic acids is 1. The average molecular weight is 411 g/mol. The van der Waals surface area contributed by atoms with Crippen LogP contribution < -0.4 is 14.9 Å². The molecule has 0 atom stereocenters. The van der Waals surface area contributed by atoms with Crippen molar-refractivity contribution in [1.29, 1.82) is 0 Å². The molecule has 144 valence electrons. The molecule has 27 heavy (non-hydrogen) atoms. The Kier molecular flexibility index (Phi) is 8.74. The second-order valence-electron chi connectivity index (χ2n) is 5.28. The third-order valence-corrected chi connectivity index (χ3v) is 3.72. The Hall–Kier alpha value is -2.44. The molecule has 0 aromatic heterocycles. The number of carbonyl (C=O) groups is 1. The van der Waals surface area contributed by atoms with Crippen LogP contribution in [-0.4, -0.2) is 32.1 Å². The van der Waals surface area contributed by atoms with Gasteiger partial charge >= 0.3 is 6.09 Å². The number of hydrazone groups is 1. The number of amides is 1. The van der Waals surface area contributed by atoms with E-state index >= 15 is 0 Å². The Balaban J connectivity index is 1.82. The van der Waals surface area contributed by atoms with Crippen LogP contribution in [-0.2, 0) is 4.74 Å². The van der Waals surface area contributed by atoms with Crippen LogP contribution >= 0.6 is 23.2 Å². The lowest BCUT2D eigenvalue weighted by Gasteiger charge is -2.10. The summed E-state index contributed by atoms with van der Waals surface area (Å²) in [5, 5.41) is 5.03. The largest absolute Gasteiger partial charge is 0.493 e. The van der Waals surface area contributed by atoms with Crippen molar-refractivity contribution in [1.82, 2.24) is 5.43 Å². The molecule has 0 aliphatic carbocycles. The highest BCUT2D eigenvalue weighted by molar-refractivity contribution is 6.31. The van der Waals surface area contributed by atoms with E-state index in [1.54, 1.807) is 37.3 Å². The van der Waals surface area contributed by atoms with Gasteiger partial charge in [0, 0.05) is 22.0 Å². The van der Waals surface area contributed by atoms with Crippen LogP contribution in [0, 0.1) is 0 Å². The van der Waals surface area contributed by atoms with Crippen LogP contribution in [0.2, 0.25) is 10.0 Å². The predicted molar refractivity (Wildman–Crippen MR) is 106 cm³/mol. The normalized spacial score (nSPS) is 10.6. The van der Waals surface area contributed by atoms with Crippen molar-refractivity contribution in [3.63, 3.8) is 0 Å². The number of halogens is 2. The Morgan fingerprint density at radius 2 is 1.78 bits per heavy atom. The number of rotatable bonds is 9. The third kappa shape index (κ3) is 7.76. The van der Waals surface area contributed by atoms with E-state index < -0.39 is 6.09 Å². The van der Waals surface area contributed by atoms with Crippen molar-refractivity contribution < 1.29 is 19.0 Å². The van der Waals surface area contributed by atoms with E-state index in [0.29, 0.717) is 41.0 Å². The van der Waals surface area contributed by atoms with Gasteiger partial charge in [-0.1, -0.05) is 23.2 Å². The number of nitrogens with zero attached hydrogens (tertiary/aromatic N) is 1. The molecule has 0 saturated carbocycles. The lowest BCUT2D eigenvalue weighted by atomic mass is 10.2. The molecular formula is C19H20Cl2N2O4. The van der Waals surface area contributed by atoms with Crippen molar-refractivity contribution in [2.75, 3.05) is 19.8 Å². The molecule has 2 rings (SSSR count). The van der Waals surface area contributed by atoms with Crippen LogP contribution in [0.15, 0.2) is 47.6 Å². The Morgan fingerprint density at radius 3 is 2.52 bits per heavy atom. The molecule has 2 aromatic rings. The minimum absolute atomic E-state index is 0.269. The molecule has 0 bridgehead atoms. The summed E-state index contributed by atoms with van der Waals surface area (Å²) in [6, 6.07) is 12.3. The summed E-state index contributed by atoms with van der Waals surface area (Å²) >= 11 is 11.8. The fourth-order valence-electron chi connectivity index (χ4n) is 2.03. The first-order chi connectivity index (χ1) is 13.1. The van der Waals surface area contributed by atoms with E-state index in [1.807, 2.05) is 12.1 Å². The van der Waals surface area contributed by atoms with Gasteiger partial charge in [-0.15, -0.1) is 0 Å². The monoisotopic (exact) mass is 410 g/mol. The lowest BCUT2D eigenvalue weighted by molar-refractivity contribution is 0.152. The summed E-state index contributed by atoms with van der Waals surface area (Å²) in [5.74, 6) is 1.35. The van der Waals surface area contributed by atoms with E-state index in [1.165, 1.54) is 6.21 Å². The first-order valence-electron chi connectivity index (χ1n) is 8.35. The predicted octanol–water partition coefficient (Wildman–Crippen LogP) is 4.92. The van der Waals surface area contributed by atoms with Gasteiger partial charge in [-0.2, -0.15) is 5.10 Å². The van der Waals surface area contributed by atoms with Crippen LogP contribution in [0.3, 0.4) is 0 Å². The zero-order chi connectivity index (χ0) is 19.5. The minimum atomic E-state index is -0.627. The Labute approximate surface area is 168 Å². The molecule has 0 unspecified atom stereocenters. The zero-order valence-electron chi connectivity index (χ0n) is 14.8. The molecule has 1 N–H and O–H groups in total. The van der Waals surface area contributed by atoms with Crippen LogP contribution in [0.4, 0.5) is 4.79 Å². The topological polar surface area (TPSA) is 69.2 Å². The van der Waals surface area contributed by atoms with E-state index in [4.69, 9.17) is 37.4 Å². The second-order valence-corrected chi connectivity index (χ2v) is 6.15. The van der Waals surface area contributed by atoms with Crippen molar-refractivity contribution in [3.05, 3.63) is 58.1 Å². The summed E-state index contributed by atoms with van der Waals surface area (Å²) in [5.41, 5.74) is 2.89. The SMILES string of the molecule is CCOC(=O)N/N=C\c1cc(Cl)ccc1OCCCOc1ccc(Cl)cc1. The first-order valence-corrected chi connectivity index (χ1v) is 9.10. The molecule has 2 aromatic carbocycles. The maximum atomic E-state index is 11.2. The van der Waals surface area contributed by atoms with Crippen molar-refractivity contribution in [3.8, 4) is 11.5 Å². The van der Waals surface area contributed by atoms with Gasteiger partial charge in [0.2, 0.25) is 0 Å². The summed E-state index contributed by atoms with van der Waals surface area (Å²) in [6.45, 7) is 2.93. The van der Waals surface area contributed by atoms with Crippen LogP contribution in [0.25, 0.3) is 0 Å². The highest BCUT2D eigenvalue weighted by Gasteiger charge is 2.04. The molecule has 0 saturated heterocycles. The highest BCUT2D eigenvalue weighted by Crippen LogP contribution is 2.22. The fourth-order valence-corrected chi connectivity index (χ4v) is 2.34. The van der Waals surface area contributed by atoms with Crippen LogP contribution in [0.5, 0.6) is 11.5 Å². The molecule has 1 amide bonds.